The fourth-order valence-electron chi connectivity index (χ4n) is 2.12. The molecule has 6 nitrogen and oxygen atoms in total. The van der Waals surface area contributed by atoms with Crippen molar-refractivity contribution in [2.75, 3.05) is 0 Å². The zero-order valence-electron chi connectivity index (χ0n) is 12.6. The largest absolute Gasteiger partial charge is 0.475 e. The zero-order valence-corrected chi connectivity index (χ0v) is 12.6. The summed E-state index contributed by atoms with van der Waals surface area (Å²) in [4.78, 5) is 22.4. The van der Waals surface area contributed by atoms with Gasteiger partial charge in [0.25, 0.3) is 0 Å². The van der Waals surface area contributed by atoms with E-state index in [4.69, 9.17) is 9.52 Å². The molecule has 1 aromatic carbocycles. The summed E-state index contributed by atoms with van der Waals surface area (Å²) < 4.78 is 5.26. The highest BCUT2D eigenvalue weighted by Crippen LogP contribution is 2.28. The van der Waals surface area contributed by atoms with Crippen LogP contribution in [-0.2, 0) is 4.79 Å². The van der Waals surface area contributed by atoms with E-state index in [1.54, 1.807) is 6.07 Å². The average Bonchev–Trinajstić information content (AvgIpc) is 3.29. The van der Waals surface area contributed by atoms with Crippen LogP contribution >= 0.6 is 0 Å². The standard InChI is InChI=1S/C17H16N2O4/c1-10(18-19-16(20)13-6-7-13)11-2-4-12(5-3-11)14-8-9-15(23-14)17(21)22/h2-5,8-9,13H,6-7H2,1H3,(H,19,20)(H,21,22)/b18-10-. The number of furan rings is 1. The molecule has 0 bridgehead atoms. The first kappa shape index (κ1) is 15.0. The number of hydrazone groups is 1. The van der Waals surface area contributed by atoms with E-state index >= 15 is 0 Å². The number of aromatic carboxylic acids is 1. The number of carbonyl (C=O) groups is 2. The molecule has 1 saturated carbocycles. The van der Waals surface area contributed by atoms with Gasteiger partial charge in [0, 0.05) is 11.5 Å². The Morgan fingerprint density at radius 3 is 2.43 bits per heavy atom. The van der Waals surface area contributed by atoms with E-state index in [9.17, 15) is 9.59 Å². The van der Waals surface area contributed by atoms with Gasteiger partial charge in [-0.25, -0.2) is 10.2 Å². The lowest BCUT2D eigenvalue weighted by Gasteiger charge is -2.03. The van der Waals surface area contributed by atoms with Crippen LogP contribution in [0.4, 0.5) is 0 Å². The number of nitrogens with one attached hydrogen (secondary N) is 1. The maximum atomic E-state index is 11.6. The highest BCUT2D eigenvalue weighted by Gasteiger charge is 2.29. The van der Waals surface area contributed by atoms with E-state index in [1.807, 2.05) is 31.2 Å². The van der Waals surface area contributed by atoms with E-state index in [1.165, 1.54) is 6.07 Å². The molecule has 6 heteroatoms. The molecule has 2 aromatic rings. The van der Waals surface area contributed by atoms with Gasteiger partial charge in [-0.15, -0.1) is 0 Å². The van der Waals surface area contributed by atoms with E-state index in [-0.39, 0.29) is 17.6 Å². The minimum Gasteiger partial charge on any atom is -0.475 e. The van der Waals surface area contributed by atoms with Gasteiger partial charge in [-0.3, -0.25) is 4.79 Å². The first-order valence-corrected chi connectivity index (χ1v) is 7.32. The Balaban J connectivity index is 1.71. The van der Waals surface area contributed by atoms with Crippen molar-refractivity contribution in [2.45, 2.75) is 19.8 Å². The Morgan fingerprint density at radius 1 is 1.17 bits per heavy atom. The summed E-state index contributed by atoms with van der Waals surface area (Å²) in [6.45, 7) is 1.82. The molecule has 23 heavy (non-hydrogen) atoms. The van der Waals surface area contributed by atoms with Gasteiger partial charge in [0.2, 0.25) is 11.7 Å². The van der Waals surface area contributed by atoms with E-state index in [0.29, 0.717) is 11.5 Å². The van der Waals surface area contributed by atoms with E-state index in [0.717, 1.165) is 24.0 Å². The summed E-state index contributed by atoms with van der Waals surface area (Å²) in [6, 6.07) is 10.4. The summed E-state index contributed by atoms with van der Waals surface area (Å²) in [7, 11) is 0. The molecule has 1 aromatic heterocycles. The van der Waals surface area contributed by atoms with Crippen LogP contribution in [0.25, 0.3) is 11.3 Å². The highest BCUT2D eigenvalue weighted by atomic mass is 16.4. The second-order valence-corrected chi connectivity index (χ2v) is 5.49. The molecule has 0 atom stereocenters. The lowest BCUT2D eigenvalue weighted by molar-refractivity contribution is -0.122. The predicted octanol–water partition coefficient (Wildman–Crippen LogP) is 2.90. The lowest BCUT2D eigenvalue weighted by Crippen LogP contribution is -2.20. The van der Waals surface area contributed by atoms with Crippen LogP contribution in [-0.4, -0.2) is 22.7 Å². The number of nitrogens with zero attached hydrogens (tertiary/aromatic N) is 1. The Hall–Kier alpha value is -2.89. The van der Waals surface area contributed by atoms with Crippen molar-refractivity contribution in [1.29, 1.82) is 0 Å². The second kappa shape index (κ2) is 6.08. The maximum absolute atomic E-state index is 11.6. The van der Waals surface area contributed by atoms with E-state index < -0.39 is 5.97 Å². The normalized spacial score (nSPS) is 14.6. The topological polar surface area (TPSA) is 91.9 Å². The SMILES string of the molecule is C/C(=N/NC(=O)C1CC1)c1ccc(-c2ccc(C(=O)O)o2)cc1. The third-order valence-electron chi connectivity index (χ3n) is 3.69. The number of carboxylic acids is 1. The molecule has 3 rings (SSSR count). The van der Waals surface area contributed by atoms with Crippen molar-refractivity contribution in [2.24, 2.45) is 11.0 Å². The van der Waals surface area contributed by atoms with Crippen LogP contribution in [0.15, 0.2) is 45.9 Å². The van der Waals surface area contributed by atoms with Crippen molar-refractivity contribution < 1.29 is 19.1 Å². The number of carbonyl (C=O) groups excluding carboxylic acids is 1. The molecule has 0 aliphatic heterocycles. The van der Waals surface area contributed by atoms with Crippen molar-refractivity contribution in [3.8, 4) is 11.3 Å². The van der Waals surface area contributed by atoms with Crippen LogP contribution in [0, 0.1) is 5.92 Å². The zero-order chi connectivity index (χ0) is 16.4. The first-order chi connectivity index (χ1) is 11.0. The van der Waals surface area contributed by atoms with Crippen molar-refractivity contribution in [3.05, 3.63) is 47.7 Å². The number of amides is 1. The van der Waals surface area contributed by atoms with Gasteiger partial charge < -0.3 is 9.52 Å². The van der Waals surface area contributed by atoms with Crippen LogP contribution in [0.3, 0.4) is 0 Å². The predicted molar refractivity (Wildman–Crippen MR) is 84.2 cm³/mol. The Labute approximate surface area is 132 Å². The van der Waals surface area contributed by atoms with Gasteiger partial charge in [0.05, 0.1) is 5.71 Å². The molecule has 1 fully saturated rings. The van der Waals surface area contributed by atoms with Crippen molar-refractivity contribution in [3.63, 3.8) is 0 Å². The van der Waals surface area contributed by atoms with Crippen molar-refractivity contribution >= 4 is 17.6 Å². The van der Waals surface area contributed by atoms with E-state index in [2.05, 4.69) is 10.5 Å². The number of carboxylic acid groups (broad SMARTS) is 1. The van der Waals surface area contributed by atoms with Gasteiger partial charge >= 0.3 is 5.97 Å². The summed E-state index contributed by atoms with van der Waals surface area (Å²) in [6.07, 6.45) is 1.88. The van der Waals surface area contributed by atoms with Crippen LogP contribution in [0.1, 0.15) is 35.9 Å². The number of hydrogen-bond donors (Lipinski definition) is 2. The molecule has 0 spiro atoms. The fourth-order valence-corrected chi connectivity index (χ4v) is 2.12. The lowest BCUT2D eigenvalue weighted by atomic mass is 10.1. The van der Waals surface area contributed by atoms with Crippen LogP contribution in [0.5, 0.6) is 0 Å². The molecule has 1 heterocycles. The smallest absolute Gasteiger partial charge is 0.371 e. The highest BCUT2D eigenvalue weighted by molar-refractivity contribution is 5.99. The minimum absolute atomic E-state index is 0.0299. The van der Waals surface area contributed by atoms with Crippen LogP contribution in [0.2, 0.25) is 0 Å². The molecular formula is C17H16N2O4. The molecule has 1 aliphatic rings. The Kier molecular flexibility index (Phi) is 3.97. The third kappa shape index (κ3) is 3.48. The summed E-state index contributed by atoms with van der Waals surface area (Å²) in [5.41, 5.74) is 4.92. The number of rotatable bonds is 5. The summed E-state index contributed by atoms with van der Waals surface area (Å²) in [5.74, 6) is -0.605. The number of benzene rings is 1. The third-order valence-corrected chi connectivity index (χ3v) is 3.69. The number of hydrogen-bond acceptors (Lipinski definition) is 4. The van der Waals surface area contributed by atoms with Gasteiger partial charge in [0.1, 0.15) is 5.76 Å². The molecule has 2 N–H and O–H groups in total. The van der Waals surface area contributed by atoms with Gasteiger partial charge in [-0.2, -0.15) is 5.10 Å². The Bertz CT molecular complexity index is 770. The van der Waals surface area contributed by atoms with Gasteiger partial charge in [0.15, 0.2) is 0 Å². The molecule has 0 unspecified atom stereocenters. The first-order valence-electron chi connectivity index (χ1n) is 7.32. The van der Waals surface area contributed by atoms with Crippen molar-refractivity contribution in [1.82, 2.24) is 5.43 Å². The molecular weight excluding hydrogens is 296 g/mol. The average molecular weight is 312 g/mol. The maximum Gasteiger partial charge on any atom is 0.371 e. The van der Waals surface area contributed by atoms with Crippen LogP contribution < -0.4 is 5.43 Å². The Morgan fingerprint density at radius 2 is 1.87 bits per heavy atom. The molecule has 1 aliphatic carbocycles. The molecule has 118 valence electrons. The molecule has 1 amide bonds. The fraction of sp³-hybridized carbons (Fsp3) is 0.235. The monoisotopic (exact) mass is 312 g/mol. The van der Waals surface area contributed by atoms with Gasteiger partial charge in [-0.05, 0) is 37.5 Å². The summed E-state index contributed by atoms with van der Waals surface area (Å²) >= 11 is 0. The molecule has 0 saturated heterocycles. The summed E-state index contributed by atoms with van der Waals surface area (Å²) in [5, 5.41) is 13.0. The minimum atomic E-state index is -1.10. The quantitative estimate of drug-likeness (QED) is 0.656. The van der Waals surface area contributed by atoms with Gasteiger partial charge in [-0.1, -0.05) is 24.3 Å². The molecule has 0 radical (unpaired) electrons. The second-order valence-electron chi connectivity index (χ2n) is 5.49.